The van der Waals surface area contributed by atoms with Crippen molar-refractivity contribution in [2.24, 2.45) is 0 Å². The summed E-state index contributed by atoms with van der Waals surface area (Å²) in [5.41, 5.74) is 5.42. The Bertz CT molecular complexity index is 1160. The number of rotatable bonds is 6. The molecule has 1 aromatic heterocycles. The van der Waals surface area contributed by atoms with Crippen LogP contribution in [0, 0.1) is 6.92 Å². The highest BCUT2D eigenvalue weighted by Gasteiger charge is 2.11. The molecule has 0 aliphatic rings. The van der Waals surface area contributed by atoms with Crippen molar-refractivity contribution in [3.05, 3.63) is 75.8 Å². The molecule has 1 N–H and O–H groups in total. The van der Waals surface area contributed by atoms with Crippen molar-refractivity contribution in [2.45, 2.75) is 33.4 Å². The van der Waals surface area contributed by atoms with Crippen LogP contribution in [0.5, 0.6) is 5.75 Å². The van der Waals surface area contributed by atoms with Crippen molar-refractivity contribution in [3.63, 3.8) is 0 Å². The predicted molar refractivity (Wildman–Crippen MR) is 129 cm³/mol. The Morgan fingerprint density at radius 3 is 2.37 bits per heavy atom. The van der Waals surface area contributed by atoms with E-state index in [0.29, 0.717) is 22.3 Å². The van der Waals surface area contributed by atoms with Gasteiger partial charge in [0.25, 0.3) is 0 Å². The van der Waals surface area contributed by atoms with Gasteiger partial charge in [-0.2, -0.15) is 0 Å². The molecule has 6 heteroatoms. The van der Waals surface area contributed by atoms with Crippen LogP contribution in [0.3, 0.4) is 0 Å². The summed E-state index contributed by atoms with van der Waals surface area (Å²) in [6.07, 6.45) is 0.0157. The third-order valence-electron chi connectivity index (χ3n) is 4.58. The third kappa shape index (κ3) is 4.72. The molecule has 3 aromatic carbocycles. The van der Waals surface area contributed by atoms with Crippen molar-refractivity contribution >= 4 is 50.4 Å². The van der Waals surface area contributed by atoms with E-state index in [-0.39, 0.29) is 6.10 Å². The Labute approximate surface area is 190 Å². The molecule has 30 heavy (non-hydrogen) atoms. The van der Waals surface area contributed by atoms with Gasteiger partial charge in [0.2, 0.25) is 0 Å². The summed E-state index contributed by atoms with van der Waals surface area (Å²) in [6, 6.07) is 18.4. The molecule has 0 spiro atoms. The second-order valence-electron chi connectivity index (χ2n) is 7.48. The number of nitrogens with zero attached hydrogens (tertiary/aromatic N) is 1. The lowest BCUT2D eigenvalue weighted by Gasteiger charge is -2.15. The number of fused-ring (bicyclic) bond motifs is 1. The van der Waals surface area contributed by atoms with Crippen LogP contribution in [0.1, 0.15) is 25.0 Å². The molecule has 154 valence electrons. The molecule has 4 aromatic rings. The summed E-state index contributed by atoms with van der Waals surface area (Å²) in [5, 5.41) is 5.49. The average molecular weight is 457 g/mol. The highest BCUT2D eigenvalue weighted by molar-refractivity contribution is 7.21. The predicted octanol–water partition coefficient (Wildman–Crippen LogP) is 7.98. The van der Waals surface area contributed by atoms with Crippen molar-refractivity contribution in [2.75, 3.05) is 5.32 Å². The molecular weight excluding hydrogens is 435 g/mol. The monoisotopic (exact) mass is 456 g/mol. The minimum atomic E-state index is 0.0157. The molecule has 0 saturated carbocycles. The molecule has 4 rings (SSSR count). The van der Waals surface area contributed by atoms with Crippen molar-refractivity contribution < 1.29 is 4.74 Å². The number of benzene rings is 3. The first-order valence-corrected chi connectivity index (χ1v) is 11.3. The van der Waals surface area contributed by atoms with Gasteiger partial charge in [-0.05, 0) is 80.4 Å². The summed E-state index contributed by atoms with van der Waals surface area (Å²) in [5.74, 6) is 0.535. The Balaban J connectivity index is 1.46. The van der Waals surface area contributed by atoms with Gasteiger partial charge in [-0.25, -0.2) is 4.98 Å². The van der Waals surface area contributed by atoms with Crippen LogP contribution >= 0.6 is 34.5 Å². The highest BCUT2D eigenvalue weighted by Crippen LogP contribution is 2.35. The number of thiazole rings is 1. The van der Waals surface area contributed by atoms with Gasteiger partial charge in [0.1, 0.15) is 5.01 Å². The zero-order valence-electron chi connectivity index (χ0n) is 17.0. The van der Waals surface area contributed by atoms with Crippen LogP contribution in [0.15, 0.2) is 54.6 Å². The Morgan fingerprint density at radius 1 is 1.00 bits per heavy atom. The van der Waals surface area contributed by atoms with E-state index >= 15 is 0 Å². The first-order valence-electron chi connectivity index (χ1n) is 9.75. The van der Waals surface area contributed by atoms with Gasteiger partial charge in [0.05, 0.1) is 26.4 Å². The number of hydrogen-bond donors (Lipinski definition) is 1. The molecule has 0 amide bonds. The molecule has 0 aliphatic heterocycles. The van der Waals surface area contributed by atoms with E-state index in [9.17, 15) is 0 Å². The van der Waals surface area contributed by atoms with E-state index in [2.05, 4.69) is 54.7 Å². The fraction of sp³-hybridized carbons (Fsp3) is 0.208. The van der Waals surface area contributed by atoms with Crippen LogP contribution in [0.2, 0.25) is 10.0 Å². The lowest BCUT2D eigenvalue weighted by atomic mass is 10.2. The molecule has 0 unspecified atom stereocenters. The second-order valence-corrected chi connectivity index (χ2v) is 9.32. The number of nitrogens with one attached hydrogen (secondary N) is 1. The van der Waals surface area contributed by atoms with Crippen molar-refractivity contribution in [3.8, 4) is 16.3 Å². The first-order chi connectivity index (χ1) is 14.4. The fourth-order valence-corrected chi connectivity index (χ4v) is 4.84. The molecule has 3 nitrogen and oxygen atoms in total. The maximum atomic E-state index is 6.35. The van der Waals surface area contributed by atoms with Gasteiger partial charge in [-0.1, -0.05) is 29.3 Å². The van der Waals surface area contributed by atoms with Crippen LogP contribution < -0.4 is 10.1 Å². The largest absolute Gasteiger partial charge is 0.488 e. The Kier molecular flexibility index (Phi) is 6.19. The van der Waals surface area contributed by atoms with E-state index in [4.69, 9.17) is 32.9 Å². The Morgan fingerprint density at radius 2 is 1.70 bits per heavy atom. The molecular formula is C24H22Cl2N2OS. The van der Waals surface area contributed by atoms with E-state index in [1.165, 1.54) is 10.3 Å². The number of hydrogen-bond acceptors (Lipinski definition) is 4. The van der Waals surface area contributed by atoms with E-state index in [1.807, 2.05) is 26.0 Å². The zero-order valence-corrected chi connectivity index (χ0v) is 19.3. The quantitative estimate of drug-likeness (QED) is 0.319. The molecule has 0 atom stereocenters. The molecule has 0 aliphatic carbocycles. The summed E-state index contributed by atoms with van der Waals surface area (Å²) in [7, 11) is 0. The number of anilines is 1. The van der Waals surface area contributed by atoms with Gasteiger partial charge < -0.3 is 10.1 Å². The van der Waals surface area contributed by atoms with Crippen molar-refractivity contribution in [1.29, 1.82) is 0 Å². The van der Waals surface area contributed by atoms with Crippen molar-refractivity contribution in [1.82, 2.24) is 4.98 Å². The van der Waals surface area contributed by atoms with Crippen LogP contribution in [0.25, 0.3) is 20.8 Å². The maximum Gasteiger partial charge on any atom is 0.156 e. The van der Waals surface area contributed by atoms with Crippen LogP contribution in [0.4, 0.5) is 5.69 Å². The van der Waals surface area contributed by atoms with Crippen LogP contribution in [-0.2, 0) is 6.54 Å². The number of ether oxygens (including phenoxy) is 1. The Hall–Kier alpha value is -2.27. The molecule has 0 bridgehead atoms. The second kappa shape index (κ2) is 8.84. The summed E-state index contributed by atoms with van der Waals surface area (Å²) >= 11 is 14.4. The molecule has 0 saturated heterocycles. The SMILES string of the molecule is Cc1ccc2nc(-c3ccc(NCc4cc(Cl)c(OC(C)C)c(Cl)c4)cc3)sc2c1. The maximum absolute atomic E-state index is 6.35. The molecule has 1 heterocycles. The summed E-state index contributed by atoms with van der Waals surface area (Å²) in [4.78, 5) is 4.75. The number of aromatic nitrogens is 1. The van der Waals surface area contributed by atoms with E-state index < -0.39 is 0 Å². The summed E-state index contributed by atoms with van der Waals surface area (Å²) in [6.45, 7) is 6.61. The van der Waals surface area contributed by atoms with Gasteiger partial charge in [0.15, 0.2) is 5.75 Å². The van der Waals surface area contributed by atoms with Gasteiger partial charge in [-0.15, -0.1) is 11.3 Å². The topological polar surface area (TPSA) is 34.2 Å². The van der Waals surface area contributed by atoms with Gasteiger partial charge in [-0.3, -0.25) is 0 Å². The molecule has 0 radical (unpaired) electrons. The van der Waals surface area contributed by atoms with E-state index in [0.717, 1.165) is 27.3 Å². The normalized spacial score (nSPS) is 11.3. The average Bonchev–Trinajstić information content (AvgIpc) is 3.12. The lowest BCUT2D eigenvalue weighted by Crippen LogP contribution is -2.07. The fourth-order valence-electron chi connectivity index (χ4n) is 3.15. The van der Waals surface area contributed by atoms with Gasteiger partial charge in [0, 0.05) is 17.8 Å². The molecule has 0 fully saturated rings. The number of aryl methyl sites for hydroxylation is 1. The first kappa shape index (κ1) is 21.0. The lowest BCUT2D eigenvalue weighted by molar-refractivity contribution is 0.242. The van der Waals surface area contributed by atoms with E-state index in [1.54, 1.807) is 11.3 Å². The highest BCUT2D eigenvalue weighted by atomic mass is 35.5. The summed E-state index contributed by atoms with van der Waals surface area (Å²) < 4.78 is 6.90. The standard InChI is InChI=1S/C24H22Cl2N2OS/c1-14(2)29-23-19(25)11-16(12-20(23)26)13-27-18-7-5-17(6-8-18)24-28-21-9-4-15(3)10-22(21)30-24/h4-12,14,27H,13H2,1-3H3. The third-order valence-corrected chi connectivity index (χ3v) is 6.21. The van der Waals surface area contributed by atoms with Crippen LogP contribution in [-0.4, -0.2) is 11.1 Å². The minimum Gasteiger partial charge on any atom is -0.488 e. The minimum absolute atomic E-state index is 0.0157. The smallest absolute Gasteiger partial charge is 0.156 e. The van der Waals surface area contributed by atoms with Gasteiger partial charge >= 0.3 is 0 Å². The zero-order chi connectivity index (χ0) is 21.3. The number of halogens is 2.